The monoisotopic (exact) mass is 344 g/mol. The van der Waals surface area contributed by atoms with Crippen LogP contribution in [-0.2, 0) is 22.7 Å². The van der Waals surface area contributed by atoms with Crippen LogP contribution in [0.1, 0.15) is 21.7 Å². The lowest BCUT2D eigenvalue weighted by atomic mass is 10.1. The van der Waals surface area contributed by atoms with E-state index in [0.29, 0.717) is 22.5 Å². The van der Waals surface area contributed by atoms with Gasteiger partial charge >= 0.3 is 5.97 Å². The molecule has 130 valence electrons. The molecule has 0 aliphatic carbocycles. The van der Waals surface area contributed by atoms with Crippen molar-refractivity contribution < 1.29 is 27.8 Å². The van der Waals surface area contributed by atoms with Crippen molar-refractivity contribution in [2.45, 2.75) is 13.2 Å². The SMILES string of the molecule is COCc1c(C(=O)OCc2cc(F)ccc2OC)oc2ccccc12. The van der Waals surface area contributed by atoms with Crippen LogP contribution in [0.15, 0.2) is 46.9 Å². The van der Waals surface area contributed by atoms with Crippen LogP contribution < -0.4 is 4.74 Å². The summed E-state index contributed by atoms with van der Waals surface area (Å²) in [7, 11) is 3.00. The number of methoxy groups -OCH3 is 2. The van der Waals surface area contributed by atoms with Crippen molar-refractivity contribution in [2.75, 3.05) is 14.2 Å². The van der Waals surface area contributed by atoms with Gasteiger partial charge in [0.1, 0.15) is 23.8 Å². The van der Waals surface area contributed by atoms with Gasteiger partial charge in [0.2, 0.25) is 5.76 Å². The molecule has 3 rings (SSSR count). The van der Waals surface area contributed by atoms with Crippen molar-refractivity contribution in [2.24, 2.45) is 0 Å². The van der Waals surface area contributed by atoms with Crippen LogP contribution in [0.3, 0.4) is 0 Å². The van der Waals surface area contributed by atoms with Gasteiger partial charge in [-0.15, -0.1) is 0 Å². The first-order chi connectivity index (χ1) is 12.1. The number of fused-ring (bicyclic) bond motifs is 1. The van der Waals surface area contributed by atoms with Crippen molar-refractivity contribution >= 4 is 16.9 Å². The Hall–Kier alpha value is -2.86. The molecular weight excluding hydrogens is 327 g/mol. The lowest BCUT2D eigenvalue weighted by Crippen LogP contribution is -2.08. The molecule has 0 saturated heterocycles. The molecular formula is C19H17FO5. The molecule has 0 radical (unpaired) electrons. The summed E-state index contributed by atoms with van der Waals surface area (Å²) in [5, 5.41) is 0.791. The van der Waals surface area contributed by atoms with Crippen molar-refractivity contribution in [3.63, 3.8) is 0 Å². The molecule has 0 spiro atoms. The summed E-state index contributed by atoms with van der Waals surface area (Å²) in [5.74, 6) is -0.556. The van der Waals surface area contributed by atoms with Crippen LogP contribution in [0.25, 0.3) is 11.0 Å². The van der Waals surface area contributed by atoms with Crippen molar-refractivity contribution in [1.29, 1.82) is 0 Å². The number of halogens is 1. The Kier molecular flexibility index (Phi) is 5.00. The van der Waals surface area contributed by atoms with Crippen molar-refractivity contribution in [3.05, 3.63) is 65.2 Å². The number of hydrogen-bond acceptors (Lipinski definition) is 5. The Balaban J connectivity index is 1.85. The van der Waals surface area contributed by atoms with Gasteiger partial charge in [-0.2, -0.15) is 0 Å². The maximum Gasteiger partial charge on any atom is 0.374 e. The molecule has 0 aliphatic rings. The number of carbonyl (C=O) groups excluding carboxylic acids is 1. The highest BCUT2D eigenvalue weighted by atomic mass is 19.1. The molecule has 0 fully saturated rings. The summed E-state index contributed by atoms with van der Waals surface area (Å²) in [4.78, 5) is 12.5. The summed E-state index contributed by atoms with van der Waals surface area (Å²) < 4.78 is 34.6. The lowest BCUT2D eigenvalue weighted by molar-refractivity contribution is 0.0429. The van der Waals surface area contributed by atoms with E-state index in [0.717, 1.165) is 5.39 Å². The molecule has 25 heavy (non-hydrogen) atoms. The van der Waals surface area contributed by atoms with Gasteiger partial charge in [0, 0.05) is 23.6 Å². The summed E-state index contributed by atoms with van der Waals surface area (Å²) in [6.45, 7) is 0.0773. The number of benzene rings is 2. The van der Waals surface area contributed by atoms with E-state index >= 15 is 0 Å². The number of carbonyl (C=O) groups is 1. The minimum Gasteiger partial charge on any atom is -0.496 e. The zero-order valence-corrected chi connectivity index (χ0v) is 13.9. The first-order valence-electron chi connectivity index (χ1n) is 7.63. The second kappa shape index (κ2) is 7.36. The third-order valence-corrected chi connectivity index (χ3v) is 3.77. The first kappa shape index (κ1) is 17.0. The predicted molar refractivity (Wildman–Crippen MR) is 89.0 cm³/mol. The summed E-state index contributed by atoms with van der Waals surface area (Å²) in [6.07, 6.45) is 0. The quantitative estimate of drug-likeness (QED) is 0.631. The minimum absolute atomic E-state index is 0.0819. The van der Waals surface area contributed by atoms with Gasteiger partial charge in [0.05, 0.1) is 13.7 Å². The van der Waals surface area contributed by atoms with E-state index in [1.54, 1.807) is 6.07 Å². The van der Waals surface area contributed by atoms with Gasteiger partial charge in [-0.25, -0.2) is 9.18 Å². The number of para-hydroxylation sites is 1. The summed E-state index contributed by atoms with van der Waals surface area (Å²) in [5.41, 5.74) is 1.62. The van der Waals surface area contributed by atoms with E-state index < -0.39 is 11.8 Å². The van der Waals surface area contributed by atoms with Gasteiger partial charge in [-0.3, -0.25) is 0 Å². The van der Waals surface area contributed by atoms with Crippen LogP contribution in [0.2, 0.25) is 0 Å². The molecule has 0 atom stereocenters. The molecule has 0 amide bonds. The Morgan fingerprint density at radius 2 is 1.92 bits per heavy atom. The number of hydrogen-bond donors (Lipinski definition) is 0. The van der Waals surface area contributed by atoms with Crippen LogP contribution >= 0.6 is 0 Å². The molecule has 0 N–H and O–H groups in total. The van der Waals surface area contributed by atoms with Gasteiger partial charge < -0.3 is 18.6 Å². The highest BCUT2D eigenvalue weighted by Gasteiger charge is 2.22. The van der Waals surface area contributed by atoms with E-state index in [4.69, 9.17) is 18.6 Å². The zero-order chi connectivity index (χ0) is 17.8. The van der Waals surface area contributed by atoms with Crippen LogP contribution in [-0.4, -0.2) is 20.2 Å². The Morgan fingerprint density at radius 3 is 2.68 bits per heavy atom. The van der Waals surface area contributed by atoms with E-state index in [-0.39, 0.29) is 19.0 Å². The highest BCUT2D eigenvalue weighted by molar-refractivity contribution is 5.96. The topological polar surface area (TPSA) is 57.9 Å². The molecule has 0 saturated carbocycles. The molecule has 1 aromatic heterocycles. The van der Waals surface area contributed by atoms with E-state index in [1.807, 2.05) is 18.2 Å². The van der Waals surface area contributed by atoms with Gasteiger partial charge in [0.25, 0.3) is 0 Å². The van der Waals surface area contributed by atoms with Crippen molar-refractivity contribution in [1.82, 2.24) is 0 Å². The smallest absolute Gasteiger partial charge is 0.374 e. The summed E-state index contributed by atoms with van der Waals surface area (Å²) in [6, 6.07) is 11.3. The number of ether oxygens (including phenoxy) is 3. The highest BCUT2D eigenvalue weighted by Crippen LogP contribution is 2.28. The van der Waals surface area contributed by atoms with E-state index in [9.17, 15) is 9.18 Å². The first-order valence-corrected chi connectivity index (χ1v) is 7.63. The molecule has 6 heteroatoms. The van der Waals surface area contributed by atoms with E-state index in [1.165, 1.54) is 32.4 Å². The van der Waals surface area contributed by atoms with Crippen molar-refractivity contribution in [3.8, 4) is 5.75 Å². The zero-order valence-electron chi connectivity index (χ0n) is 13.9. The standard InChI is InChI=1S/C19H17FO5/c1-22-11-15-14-5-3-4-6-17(14)25-18(15)19(21)24-10-12-9-13(20)7-8-16(12)23-2/h3-9H,10-11H2,1-2H3. The normalized spacial score (nSPS) is 10.8. The Morgan fingerprint density at radius 1 is 1.12 bits per heavy atom. The number of rotatable bonds is 6. The third-order valence-electron chi connectivity index (χ3n) is 3.77. The van der Waals surface area contributed by atoms with Gasteiger partial charge in [0.15, 0.2) is 0 Å². The fourth-order valence-electron chi connectivity index (χ4n) is 2.62. The molecule has 0 unspecified atom stereocenters. The maximum atomic E-state index is 13.4. The van der Waals surface area contributed by atoms with Crippen LogP contribution in [0, 0.1) is 5.82 Å². The summed E-state index contributed by atoms with van der Waals surface area (Å²) >= 11 is 0. The van der Waals surface area contributed by atoms with E-state index in [2.05, 4.69) is 0 Å². The molecule has 0 aliphatic heterocycles. The Labute approximate surface area is 143 Å². The van der Waals surface area contributed by atoms with Crippen LogP contribution in [0.4, 0.5) is 4.39 Å². The fraction of sp³-hybridized carbons (Fsp3) is 0.211. The maximum absolute atomic E-state index is 13.4. The molecule has 2 aromatic carbocycles. The lowest BCUT2D eigenvalue weighted by Gasteiger charge is -2.09. The second-order valence-electron chi connectivity index (χ2n) is 5.37. The Bertz CT molecular complexity index is 900. The average Bonchev–Trinajstić information content (AvgIpc) is 2.99. The fourth-order valence-corrected chi connectivity index (χ4v) is 2.62. The average molecular weight is 344 g/mol. The van der Waals surface area contributed by atoms with Crippen LogP contribution in [0.5, 0.6) is 5.75 Å². The largest absolute Gasteiger partial charge is 0.496 e. The molecule has 1 heterocycles. The van der Waals surface area contributed by atoms with Gasteiger partial charge in [-0.1, -0.05) is 18.2 Å². The number of furan rings is 1. The predicted octanol–water partition coefficient (Wildman–Crippen LogP) is 4.08. The third kappa shape index (κ3) is 3.49. The van der Waals surface area contributed by atoms with Gasteiger partial charge in [-0.05, 0) is 24.3 Å². The second-order valence-corrected chi connectivity index (χ2v) is 5.37. The molecule has 5 nitrogen and oxygen atoms in total. The number of esters is 1. The minimum atomic E-state index is -0.644. The molecule has 0 bridgehead atoms. The molecule has 3 aromatic rings.